The van der Waals surface area contributed by atoms with Gasteiger partial charge in [0.1, 0.15) is 0 Å². The highest BCUT2D eigenvalue weighted by Crippen LogP contribution is 2.22. The number of rotatable bonds is 6. The van der Waals surface area contributed by atoms with Crippen LogP contribution < -0.4 is 5.32 Å². The summed E-state index contributed by atoms with van der Waals surface area (Å²) in [5.41, 5.74) is 0.179. The molecule has 0 spiro atoms. The predicted octanol–water partition coefficient (Wildman–Crippen LogP) is 2.11. The van der Waals surface area contributed by atoms with E-state index in [1.807, 2.05) is 11.8 Å². The van der Waals surface area contributed by atoms with Crippen LogP contribution in [0.4, 0.5) is 0 Å². The van der Waals surface area contributed by atoms with Gasteiger partial charge in [-0.1, -0.05) is 27.7 Å². The van der Waals surface area contributed by atoms with Crippen molar-refractivity contribution in [2.75, 3.05) is 19.6 Å². The van der Waals surface area contributed by atoms with Crippen molar-refractivity contribution in [3.8, 4) is 0 Å². The molecule has 1 aliphatic heterocycles. The van der Waals surface area contributed by atoms with E-state index in [4.69, 9.17) is 5.11 Å². The quantitative estimate of drug-likeness (QED) is 0.788. The van der Waals surface area contributed by atoms with Crippen LogP contribution in [-0.2, 0) is 9.59 Å². The Labute approximate surface area is 128 Å². The minimum absolute atomic E-state index is 0.0505. The number of aliphatic carboxylic acids is 1. The van der Waals surface area contributed by atoms with E-state index in [2.05, 4.69) is 26.1 Å². The molecule has 2 atom stereocenters. The minimum atomic E-state index is -0.778. The molecule has 1 saturated heterocycles. The largest absolute Gasteiger partial charge is 0.481 e. The number of nitrogens with zero attached hydrogens (tertiary/aromatic N) is 1. The third-order valence-corrected chi connectivity index (χ3v) is 3.74. The number of nitrogens with one attached hydrogen (secondary N) is 1. The number of carboxylic acids is 1. The van der Waals surface area contributed by atoms with Crippen molar-refractivity contribution < 1.29 is 14.7 Å². The van der Waals surface area contributed by atoms with Gasteiger partial charge in [-0.15, -0.1) is 0 Å². The number of carbonyl (C=O) groups is 2. The molecule has 1 amide bonds. The first-order valence-electron chi connectivity index (χ1n) is 7.94. The molecule has 122 valence electrons. The van der Waals surface area contributed by atoms with Crippen LogP contribution in [0, 0.1) is 11.3 Å². The van der Waals surface area contributed by atoms with Crippen molar-refractivity contribution in [1.29, 1.82) is 0 Å². The zero-order valence-electron chi connectivity index (χ0n) is 13.8. The van der Waals surface area contributed by atoms with Crippen LogP contribution in [0.25, 0.3) is 0 Å². The van der Waals surface area contributed by atoms with E-state index >= 15 is 0 Å². The van der Waals surface area contributed by atoms with E-state index in [0.29, 0.717) is 19.5 Å². The Morgan fingerprint density at radius 3 is 2.48 bits per heavy atom. The maximum absolute atomic E-state index is 12.1. The van der Waals surface area contributed by atoms with Gasteiger partial charge in [0.05, 0.1) is 0 Å². The number of amides is 1. The smallest absolute Gasteiger partial charge is 0.303 e. The maximum Gasteiger partial charge on any atom is 0.303 e. The van der Waals surface area contributed by atoms with Crippen molar-refractivity contribution in [1.82, 2.24) is 10.2 Å². The zero-order valence-corrected chi connectivity index (χ0v) is 13.8. The van der Waals surface area contributed by atoms with E-state index in [9.17, 15) is 9.59 Å². The van der Waals surface area contributed by atoms with Crippen LogP contribution in [0.3, 0.4) is 0 Å². The standard InChI is InChI=1S/C16H30N2O3/c1-5-6-14(19)18-9-12(8-15(20)21)7-13(10-18)17-11-16(2,3)4/h12-13,17H,5-11H2,1-4H3,(H,20,21). The molecule has 0 aromatic rings. The van der Waals surface area contributed by atoms with Crippen molar-refractivity contribution in [2.24, 2.45) is 11.3 Å². The molecule has 0 aliphatic carbocycles. The lowest BCUT2D eigenvalue weighted by Gasteiger charge is -2.39. The second-order valence-corrected chi connectivity index (χ2v) is 7.39. The molecule has 21 heavy (non-hydrogen) atoms. The van der Waals surface area contributed by atoms with E-state index in [1.54, 1.807) is 0 Å². The highest BCUT2D eigenvalue weighted by molar-refractivity contribution is 5.76. The van der Waals surface area contributed by atoms with Gasteiger partial charge >= 0.3 is 5.97 Å². The average molecular weight is 298 g/mol. The summed E-state index contributed by atoms with van der Waals surface area (Å²) in [6, 6.07) is 0.197. The van der Waals surface area contributed by atoms with Gasteiger partial charge in [-0.25, -0.2) is 0 Å². The van der Waals surface area contributed by atoms with E-state index < -0.39 is 5.97 Å². The molecule has 0 aromatic carbocycles. The third-order valence-electron chi connectivity index (χ3n) is 3.74. The average Bonchev–Trinajstić information content (AvgIpc) is 2.35. The molecule has 2 unspecified atom stereocenters. The van der Waals surface area contributed by atoms with E-state index in [0.717, 1.165) is 19.4 Å². The summed E-state index contributed by atoms with van der Waals surface area (Å²) in [5.74, 6) is -0.580. The van der Waals surface area contributed by atoms with Crippen molar-refractivity contribution in [2.45, 2.75) is 59.4 Å². The first-order chi connectivity index (χ1) is 9.71. The summed E-state index contributed by atoms with van der Waals surface area (Å²) in [5, 5.41) is 12.5. The van der Waals surface area contributed by atoms with Gasteiger partial charge < -0.3 is 15.3 Å². The minimum Gasteiger partial charge on any atom is -0.481 e. The topological polar surface area (TPSA) is 69.6 Å². The SMILES string of the molecule is CCCC(=O)N1CC(CC(=O)O)CC(NCC(C)(C)C)C1. The molecular formula is C16H30N2O3. The number of hydrogen-bond donors (Lipinski definition) is 2. The van der Waals surface area contributed by atoms with Gasteiger partial charge in [-0.05, 0) is 24.2 Å². The molecule has 1 fully saturated rings. The summed E-state index contributed by atoms with van der Waals surface area (Å²) in [6.07, 6.45) is 2.35. The Bertz CT molecular complexity index is 363. The second kappa shape index (κ2) is 7.78. The van der Waals surface area contributed by atoms with Crippen LogP contribution in [-0.4, -0.2) is 47.6 Å². The van der Waals surface area contributed by atoms with Gasteiger partial charge in [0.25, 0.3) is 0 Å². The predicted molar refractivity (Wildman–Crippen MR) is 83.1 cm³/mol. The molecule has 1 rings (SSSR count). The number of carbonyl (C=O) groups excluding carboxylic acids is 1. The van der Waals surface area contributed by atoms with Gasteiger partial charge in [0.15, 0.2) is 0 Å². The van der Waals surface area contributed by atoms with Gasteiger partial charge in [0, 0.05) is 38.5 Å². The lowest BCUT2D eigenvalue weighted by molar-refractivity contribution is -0.141. The van der Waals surface area contributed by atoms with Gasteiger partial charge in [-0.3, -0.25) is 9.59 Å². The molecule has 0 aromatic heterocycles. The van der Waals surface area contributed by atoms with Gasteiger partial charge in [-0.2, -0.15) is 0 Å². The zero-order chi connectivity index (χ0) is 16.0. The Kier molecular flexibility index (Phi) is 6.65. The maximum atomic E-state index is 12.1. The lowest BCUT2D eigenvalue weighted by Crippen LogP contribution is -2.52. The second-order valence-electron chi connectivity index (χ2n) is 7.39. The van der Waals surface area contributed by atoms with Crippen molar-refractivity contribution in [3.05, 3.63) is 0 Å². The summed E-state index contributed by atoms with van der Waals surface area (Å²) in [6.45, 7) is 10.6. The van der Waals surface area contributed by atoms with E-state index in [-0.39, 0.29) is 29.7 Å². The third kappa shape index (κ3) is 6.93. The van der Waals surface area contributed by atoms with Crippen molar-refractivity contribution in [3.63, 3.8) is 0 Å². The summed E-state index contributed by atoms with van der Waals surface area (Å²) < 4.78 is 0. The first kappa shape index (κ1) is 18.0. The Morgan fingerprint density at radius 2 is 1.95 bits per heavy atom. The molecule has 1 heterocycles. The van der Waals surface area contributed by atoms with Crippen molar-refractivity contribution >= 4 is 11.9 Å². The fourth-order valence-corrected chi connectivity index (χ4v) is 2.77. The number of likely N-dealkylation sites (tertiary alicyclic amines) is 1. The normalized spacial score (nSPS) is 23.1. The number of hydrogen-bond acceptors (Lipinski definition) is 3. The molecule has 2 N–H and O–H groups in total. The molecule has 5 heteroatoms. The number of carboxylic acid groups (broad SMARTS) is 1. The Morgan fingerprint density at radius 1 is 1.29 bits per heavy atom. The molecule has 0 radical (unpaired) electrons. The van der Waals surface area contributed by atoms with Gasteiger partial charge in [0.2, 0.25) is 5.91 Å². The fourth-order valence-electron chi connectivity index (χ4n) is 2.77. The summed E-state index contributed by atoms with van der Waals surface area (Å²) in [4.78, 5) is 24.9. The molecule has 0 saturated carbocycles. The van der Waals surface area contributed by atoms with Crippen LogP contribution in [0.1, 0.15) is 53.4 Å². The monoisotopic (exact) mass is 298 g/mol. The fraction of sp³-hybridized carbons (Fsp3) is 0.875. The van der Waals surface area contributed by atoms with Crippen LogP contribution in [0.5, 0.6) is 0 Å². The Hall–Kier alpha value is -1.10. The first-order valence-corrected chi connectivity index (χ1v) is 7.94. The van der Waals surface area contributed by atoms with E-state index in [1.165, 1.54) is 0 Å². The lowest BCUT2D eigenvalue weighted by atomic mass is 9.89. The Balaban J connectivity index is 2.65. The highest BCUT2D eigenvalue weighted by Gasteiger charge is 2.31. The van der Waals surface area contributed by atoms with Crippen LogP contribution in [0.15, 0.2) is 0 Å². The highest BCUT2D eigenvalue weighted by atomic mass is 16.4. The molecule has 1 aliphatic rings. The van der Waals surface area contributed by atoms with Crippen LogP contribution in [0.2, 0.25) is 0 Å². The van der Waals surface area contributed by atoms with Crippen LogP contribution >= 0.6 is 0 Å². The number of piperidine rings is 1. The summed E-state index contributed by atoms with van der Waals surface area (Å²) >= 11 is 0. The molecule has 0 bridgehead atoms. The molecule has 5 nitrogen and oxygen atoms in total. The summed E-state index contributed by atoms with van der Waals surface area (Å²) in [7, 11) is 0. The molecular weight excluding hydrogens is 268 g/mol.